The summed E-state index contributed by atoms with van der Waals surface area (Å²) in [7, 11) is 0. The summed E-state index contributed by atoms with van der Waals surface area (Å²) < 4.78 is 1.22. The van der Waals surface area contributed by atoms with E-state index in [1.807, 2.05) is 44.2 Å². The number of aliphatic imine (C=N–C) groups is 1. The van der Waals surface area contributed by atoms with E-state index in [9.17, 15) is 15.2 Å². The van der Waals surface area contributed by atoms with Gasteiger partial charge in [-0.25, -0.2) is 0 Å². The number of nitrogens with zero attached hydrogens (tertiary/aromatic N) is 3. The summed E-state index contributed by atoms with van der Waals surface area (Å²) in [6.07, 6.45) is 2.18. The van der Waals surface area contributed by atoms with Crippen LogP contribution in [0, 0.1) is 25.2 Å². The molecule has 1 aromatic heterocycles. The number of aromatic nitrogens is 1. The first kappa shape index (κ1) is 16.5. The molecule has 1 N–H and O–H groups in total. The predicted octanol–water partition coefficient (Wildman–Crippen LogP) is 3.20. The smallest absolute Gasteiger partial charge is 0.271 e. The Balaban J connectivity index is 2.57. The normalized spacial score (nSPS) is 10.9. The van der Waals surface area contributed by atoms with Crippen molar-refractivity contribution in [2.24, 2.45) is 4.99 Å². The van der Waals surface area contributed by atoms with Crippen LogP contribution in [0.3, 0.4) is 0 Å². The number of rotatable bonds is 4. The molecule has 0 radical (unpaired) electrons. The standard InChI is InChI=1S/C18H19N3O2/c1-4-9-21-17(22)15(10-19)13(3)16(18(21)23)11-20-14-7-5-12(2)6-8-14/h5-8,11,23H,4,9H2,1-3H3. The van der Waals surface area contributed by atoms with Crippen LogP contribution in [0.2, 0.25) is 0 Å². The van der Waals surface area contributed by atoms with Crippen LogP contribution in [0.5, 0.6) is 5.88 Å². The topological polar surface area (TPSA) is 78.4 Å². The van der Waals surface area contributed by atoms with Crippen molar-refractivity contribution in [3.8, 4) is 11.9 Å². The van der Waals surface area contributed by atoms with Gasteiger partial charge < -0.3 is 5.11 Å². The Morgan fingerprint density at radius 3 is 2.52 bits per heavy atom. The second kappa shape index (κ2) is 6.93. The number of aromatic hydroxyl groups is 1. The van der Waals surface area contributed by atoms with Crippen LogP contribution in [-0.4, -0.2) is 15.9 Å². The van der Waals surface area contributed by atoms with Gasteiger partial charge in [0, 0.05) is 12.8 Å². The van der Waals surface area contributed by atoms with Gasteiger partial charge in [-0.2, -0.15) is 5.26 Å². The molecule has 0 aliphatic carbocycles. The van der Waals surface area contributed by atoms with Crippen molar-refractivity contribution in [1.82, 2.24) is 4.57 Å². The van der Waals surface area contributed by atoms with Gasteiger partial charge >= 0.3 is 0 Å². The largest absolute Gasteiger partial charge is 0.494 e. The number of benzene rings is 1. The van der Waals surface area contributed by atoms with Gasteiger partial charge in [0.05, 0.1) is 11.3 Å². The molecular weight excluding hydrogens is 290 g/mol. The van der Waals surface area contributed by atoms with Crippen molar-refractivity contribution in [1.29, 1.82) is 5.26 Å². The lowest BCUT2D eigenvalue weighted by Gasteiger charge is -2.13. The molecule has 5 heteroatoms. The molecule has 0 atom stereocenters. The van der Waals surface area contributed by atoms with Crippen LogP contribution in [0.15, 0.2) is 34.1 Å². The first-order valence-corrected chi connectivity index (χ1v) is 7.46. The second-order valence-corrected chi connectivity index (χ2v) is 5.40. The first-order valence-electron chi connectivity index (χ1n) is 7.46. The Hall–Kier alpha value is -2.87. The summed E-state index contributed by atoms with van der Waals surface area (Å²) in [6.45, 7) is 5.89. The van der Waals surface area contributed by atoms with E-state index < -0.39 is 5.56 Å². The third-order valence-corrected chi connectivity index (χ3v) is 3.67. The molecule has 0 bridgehead atoms. The van der Waals surface area contributed by atoms with Gasteiger partial charge in [-0.05, 0) is 38.0 Å². The van der Waals surface area contributed by atoms with Crippen molar-refractivity contribution in [2.75, 3.05) is 0 Å². The predicted molar refractivity (Wildman–Crippen MR) is 90.5 cm³/mol. The van der Waals surface area contributed by atoms with Crippen LogP contribution >= 0.6 is 0 Å². The highest BCUT2D eigenvalue weighted by Gasteiger charge is 2.17. The minimum atomic E-state index is -0.461. The molecule has 0 amide bonds. The van der Waals surface area contributed by atoms with E-state index in [4.69, 9.17) is 0 Å². The summed E-state index contributed by atoms with van der Waals surface area (Å²) in [5.41, 5.74) is 2.29. The molecule has 2 rings (SSSR count). The molecule has 0 spiro atoms. The van der Waals surface area contributed by atoms with Gasteiger partial charge in [-0.1, -0.05) is 24.6 Å². The molecule has 1 heterocycles. The molecule has 0 saturated carbocycles. The molecule has 0 fully saturated rings. The first-order chi connectivity index (χ1) is 11.0. The fourth-order valence-electron chi connectivity index (χ4n) is 2.33. The Labute approximate surface area is 135 Å². The maximum absolute atomic E-state index is 12.2. The second-order valence-electron chi connectivity index (χ2n) is 5.40. The molecule has 118 valence electrons. The lowest BCUT2D eigenvalue weighted by atomic mass is 10.1. The third-order valence-electron chi connectivity index (χ3n) is 3.67. The Morgan fingerprint density at radius 2 is 1.96 bits per heavy atom. The van der Waals surface area contributed by atoms with E-state index in [1.54, 1.807) is 6.92 Å². The van der Waals surface area contributed by atoms with Gasteiger partial charge in [-0.3, -0.25) is 14.4 Å². The molecule has 0 aliphatic heterocycles. The summed E-state index contributed by atoms with van der Waals surface area (Å²) in [5.74, 6) is -0.149. The maximum Gasteiger partial charge on any atom is 0.271 e. The van der Waals surface area contributed by atoms with E-state index in [0.29, 0.717) is 24.1 Å². The maximum atomic E-state index is 12.2. The Morgan fingerprint density at radius 1 is 1.30 bits per heavy atom. The van der Waals surface area contributed by atoms with E-state index in [0.717, 1.165) is 11.3 Å². The van der Waals surface area contributed by atoms with Gasteiger partial charge in [0.2, 0.25) is 5.88 Å². The number of aryl methyl sites for hydroxylation is 1. The molecule has 23 heavy (non-hydrogen) atoms. The Bertz CT molecular complexity index is 841. The Kier molecular flexibility index (Phi) is 4.97. The minimum absolute atomic E-state index is 0.0432. The quantitative estimate of drug-likeness (QED) is 0.881. The number of hydrogen-bond donors (Lipinski definition) is 1. The highest BCUT2D eigenvalue weighted by molar-refractivity contribution is 5.87. The zero-order chi connectivity index (χ0) is 17.0. The summed E-state index contributed by atoms with van der Waals surface area (Å²) >= 11 is 0. The van der Waals surface area contributed by atoms with Crippen LogP contribution in [0.4, 0.5) is 5.69 Å². The highest BCUT2D eigenvalue weighted by Crippen LogP contribution is 2.21. The lowest BCUT2D eigenvalue weighted by molar-refractivity contribution is 0.403. The average Bonchev–Trinajstić information content (AvgIpc) is 2.53. The van der Waals surface area contributed by atoms with Crippen molar-refractivity contribution >= 4 is 11.9 Å². The number of nitriles is 1. The summed E-state index contributed by atoms with van der Waals surface area (Å²) in [4.78, 5) is 16.6. The SMILES string of the molecule is CCCn1c(O)c(C=Nc2ccc(C)cc2)c(C)c(C#N)c1=O. The zero-order valence-corrected chi connectivity index (χ0v) is 13.5. The fourth-order valence-corrected chi connectivity index (χ4v) is 2.33. The molecule has 0 aliphatic rings. The zero-order valence-electron chi connectivity index (χ0n) is 13.5. The summed E-state index contributed by atoms with van der Waals surface area (Å²) in [6, 6.07) is 9.55. The van der Waals surface area contributed by atoms with E-state index in [2.05, 4.69) is 4.99 Å². The molecular formula is C18H19N3O2. The van der Waals surface area contributed by atoms with Crippen LogP contribution in [0.25, 0.3) is 0 Å². The van der Waals surface area contributed by atoms with E-state index in [-0.39, 0.29) is 11.4 Å². The van der Waals surface area contributed by atoms with Gasteiger partial charge in [-0.15, -0.1) is 0 Å². The average molecular weight is 309 g/mol. The van der Waals surface area contributed by atoms with Crippen LogP contribution in [0.1, 0.15) is 35.6 Å². The van der Waals surface area contributed by atoms with Crippen LogP contribution < -0.4 is 5.56 Å². The number of pyridine rings is 1. The highest BCUT2D eigenvalue weighted by atomic mass is 16.3. The third kappa shape index (κ3) is 3.32. The van der Waals surface area contributed by atoms with E-state index in [1.165, 1.54) is 10.8 Å². The van der Waals surface area contributed by atoms with Crippen molar-refractivity contribution in [2.45, 2.75) is 33.7 Å². The minimum Gasteiger partial charge on any atom is -0.494 e. The monoisotopic (exact) mass is 309 g/mol. The molecule has 2 aromatic rings. The molecule has 5 nitrogen and oxygen atoms in total. The van der Waals surface area contributed by atoms with Crippen molar-refractivity contribution < 1.29 is 5.11 Å². The summed E-state index contributed by atoms with van der Waals surface area (Å²) in [5, 5.41) is 19.6. The van der Waals surface area contributed by atoms with Crippen molar-refractivity contribution in [3.63, 3.8) is 0 Å². The van der Waals surface area contributed by atoms with E-state index >= 15 is 0 Å². The molecule has 0 unspecified atom stereocenters. The fraction of sp³-hybridized carbons (Fsp3) is 0.278. The van der Waals surface area contributed by atoms with Gasteiger partial charge in [0.1, 0.15) is 11.6 Å². The van der Waals surface area contributed by atoms with Crippen molar-refractivity contribution in [3.05, 3.63) is 56.9 Å². The lowest BCUT2D eigenvalue weighted by Crippen LogP contribution is -2.25. The van der Waals surface area contributed by atoms with Crippen LogP contribution in [-0.2, 0) is 6.54 Å². The van der Waals surface area contributed by atoms with Gasteiger partial charge in [0.15, 0.2) is 0 Å². The molecule has 0 saturated heterocycles. The molecule has 1 aromatic carbocycles. The number of hydrogen-bond acceptors (Lipinski definition) is 4. The van der Waals surface area contributed by atoms with Gasteiger partial charge in [0.25, 0.3) is 5.56 Å².